The van der Waals surface area contributed by atoms with Crippen LogP contribution in [0.1, 0.15) is 74.9 Å². The number of benzene rings is 2. The molecular weight excluding hydrogens is 308 g/mol. The molecular formula is C23H32O2. The molecule has 0 bridgehead atoms. The minimum absolute atomic E-state index is 0.189. The predicted octanol–water partition coefficient (Wildman–Crippen LogP) is 5.67. The molecule has 0 amide bonds. The average molecular weight is 341 g/mol. The van der Waals surface area contributed by atoms with Crippen LogP contribution in [-0.2, 0) is 31.1 Å². The van der Waals surface area contributed by atoms with Gasteiger partial charge in [0.25, 0.3) is 0 Å². The monoisotopic (exact) mass is 340 g/mol. The molecule has 0 aliphatic rings. The molecule has 0 unspecified atom stereocenters. The highest BCUT2D eigenvalue weighted by molar-refractivity contribution is 5.53. The summed E-state index contributed by atoms with van der Waals surface area (Å²) in [6, 6.07) is 8.21. The third kappa shape index (κ3) is 3.53. The maximum atomic E-state index is 10.3. The van der Waals surface area contributed by atoms with Crippen LogP contribution < -0.4 is 0 Å². The van der Waals surface area contributed by atoms with E-state index < -0.39 is 0 Å². The van der Waals surface area contributed by atoms with Crippen LogP contribution in [0, 0.1) is 0 Å². The van der Waals surface area contributed by atoms with Crippen molar-refractivity contribution in [2.75, 3.05) is 0 Å². The number of hydrogen-bond donors (Lipinski definition) is 2. The summed E-state index contributed by atoms with van der Waals surface area (Å²) in [6.45, 7) is 12.9. The molecule has 0 saturated heterocycles. The first-order chi connectivity index (χ1) is 11.8. The summed E-state index contributed by atoms with van der Waals surface area (Å²) in [4.78, 5) is 0. The Morgan fingerprint density at radius 1 is 0.600 bits per heavy atom. The van der Waals surface area contributed by atoms with E-state index in [1.165, 1.54) is 22.3 Å². The normalized spacial score (nSPS) is 11.8. The molecule has 2 N–H and O–H groups in total. The molecule has 0 fully saturated rings. The zero-order chi connectivity index (χ0) is 18.8. The summed E-state index contributed by atoms with van der Waals surface area (Å²) in [5, 5.41) is 20.5. The smallest absolute Gasteiger partial charge is 0.119 e. The van der Waals surface area contributed by atoms with Crippen molar-refractivity contribution < 1.29 is 10.2 Å². The second kappa shape index (κ2) is 7.51. The summed E-state index contributed by atoms with van der Waals surface area (Å²) in [5.74, 6) is 0.795. The topological polar surface area (TPSA) is 40.5 Å². The lowest BCUT2D eigenvalue weighted by atomic mass is 9.72. The van der Waals surface area contributed by atoms with Crippen LogP contribution in [-0.4, -0.2) is 10.2 Å². The second-order valence-corrected chi connectivity index (χ2v) is 7.32. The lowest BCUT2D eigenvalue weighted by Crippen LogP contribution is -2.23. The van der Waals surface area contributed by atoms with Crippen LogP contribution in [0.5, 0.6) is 11.5 Å². The SMILES string of the molecule is CCc1cc(C(C)(C)c2cc(CC)c(O)cc2CC)c(CC)cc1O. The Kier molecular flexibility index (Phi) is 5.82. The van der Waals surface area contributed by atoms with E-state index in [-0.39, 0.29) is 5.41 Å². The molecule has 0 spiro atoms. The summed E-state index contributed by atoms with van der Waals surface area (Å²) in [7, 11) is 0. The molecule has 2 aromatic rings. The summed E-state index contributed by atoms with van der Waals surface area (Å²) >= 11 is 0. The van der Waals surface area contributed by atoms with Gasteiger partial charge >= 0.3 is 0 Å². The molecule has 2 rings (SSSR count). The molecule has 25 heavy (non-hydrogen) atoms. The van der Waals surface area contributed by atoms with E-state index in [1.54, 1.807) is 0 Å². The standard InChI is InChI=1S/C23H32O2/c1-7-15-13-21(24)17(9-3)11-19(15)23(5,6)20-12-18(10-4)22(25)14-16(20)8-2/h11-14,24-25H,7-10H2,1-6H3. The molecule has 136 valence electrons. The molecule has 0 radical (unpaired) electrons. The van der Waals surface area contributed by atoms with E-state index in [1.807, 2.05) is 12.1 Å². The molecule has 0 aliphatic heterocycles. The number of aryl methyl sites for hydroxylation is 4. The number of rotatable bonds is 6. The third-order valence-corrected chi connectivity index (χ3v) is 5.48. The average Bonchev–Trinajstić information content (AvgIpc) is 2.60. The van der Waals surface area contributed by atoms with E-state index in [0.29, 0.717) is 11.5 Å². The van der Waals surface area contributed by atoms with Crippen LogP contribution in [0.3, 0.4) is 0 Å². The van der Waals surface area contributed by atoms with Gasteiger partial charge in [-0.2, -0.15) is 0 Å². The van der Waals surface area contributed by atoms with Gasteiger partial charge in [0.1, 0.15) is 11.5 Å². The minimum atomic E-state index is -0.189. The van der Waals surface area contributed by atoms with Crippen molar-refractivity contribution >= 4 is 0 Å². The Labute approximate surface area is 152 Å². The highest BCUT2D eigenvalue weighted by Gasteiger charge is 2.29. The molecule has 0 heterocycles. The van der Waals surface area contributed by atoms with Crippen LogP contribution in [0.15, 0.2) is 24.3 Å². The minimum Gasteiger partial charge on any atom is -0.508 e. The van der Waals surface area contributed by atoms with Gasteiger partial charge in [0.2, 0.25) is 0 Å². The predicted molar refractivity (Wildman–Crippen MR) is 106 cm³/mol. The first-order valence-corrected chi connectivity index (χ1v) is 9.50. The van der Waals surface area contributed by atoms with E-state index >= 15 is 0 Å². The quantitative estimate of drug-likeness (QED) is 0.711. The molecule has 0 atom stereocenters. The maximum absolute atomic E-state index is 10.3. The van der Waals surface area contributed by atoms with Crippen molar-refractivity contribution in [2.45, 2.75) is 72.6 Å². The van der Waals surface area contributed by atoms with E-state index in [2.05, 4.69) is 53.7 Å². The zero-order valence-corrected chi connectivity index (χ0v) is 16.5. The van der Waals surface area contributed by atoms with Crippen molar-refractivity contribution in [1.82, 2.24) is 0 Å². The number of aromatic hydroxyl groups is 2. The maximum Gasteiger partial charge on any atom is 0.119 e. The Morgan fingerprint density at radius 3 is 1.20 bits per heavy atom. The lowest BCUT2D eigenvalue weighted by molar-refractivity contribution is 0.465. The van der Waals surface area contributed by atoms with Gasteiger partial charge in [-0.05, 0) is 71.2 Å². The Bertz CT molecular complexity index is 694. The molecule has 2 aromatic carbocycles. The largest absolute Gasteiger partial charge is 0.508 e. The Hall–Kier alpha value is -1.96. The molecule has 0 aromatic heterocycles. The van der Waals surface area contributed by atoms with Crippen molar-refractivity contribution in [3.63, 3.8) is 0 Å². The summed E-state index contributed by atoms with van der Waals surface area (Å²) in [6.07, 6.45) is 3.40. The fourth-order valence-electron chi connectivity index (χ4n) is 3.81. The molecule has 0 aliphatic carbocycles. The number of hydrogen-bond acceptors (Lipinski definition) is 2. The van der Waals surface area contributed by atoms with Crippen LogP contribution in [0.4, 0.5) is 0 Å². The zero-order valence-electron chi connectivity index (χ0n) is 16.5. The first-order valence-electron chi connectivity index (χ1n) is 9.50. The van der Waals surface area contributed by atoms with Crippen LogP contribution in [0.2, 0.25) is 0 Å². The summed E-state index contributed by atoms with van der Waals surface area (Å²) in [5.41, 5.74) is 6.71. The molecule has 2 heteroatoms. The number of phenolic OH excluding ortho intramolecular Hbond substituents is 2. The first kappa shape index (κ1) is 19.4. The van der Waals surface area contributed by atoms with Crippen LogP contribution >= 0.6 is 0 Å². The van der Waals surface area contributed by atoms with Crippen LogP contribution in [0.25, 0.3) is 0 Å². The van der Waals surface area contributed by atoms with E-state index in [0.717, 1.165) is 36.8 Å². The molecule has 2 nitrogen and oxygen atoms in total. The fourth-order valence-corrected chi connectivity index (χ4v) is 3.81. The lowest BCUT2D eigenvalue weighted by Gasteiger charge is -2.32. The highest BCUT2D eigenvalue weighted by atomic mass is 16.3. The summed E-state index contributed by atoms with van der Waals surface area (Å²) < 4.78 is 0. The van der Waals surface area contributed by atoms with Gasteiger partial charge in [0.15, 0.2) is 0 Å². The van der Waals surface area contributed by atoms with Gasteiger partial charge in [-0.3, -0.25) is 0 Å². The second-order valence-electron chi connectivity index (χ2n) is 7.32. The Morgan fingerprint density at radius 2 is 0.920 bits per heavy atom. The van der Waals surface area contributed by atoms with Gasteiger partial charge in [-0.1, -0.05) is 53.7 Å². The van der Waals surface area contributed by atoms with Crippen molar-refractivity contribution in [3.8, 4) is 11.5 Å². The van der Waals surface area contributed by atoms with Crippen molar-refractivity contribution in [3.05, 3.63) is 57.6 Å². The van der Waals surface area contributed by atoms with Gasteiger partial charge < -0.3 is 10.2 Å². The number of phenols is 2. The van der Waals surface area contributed by atoms with Gasteiger partial charge in [-0.15, -0.1) is 0 Å². The van der Waals surface area contributed by atoms with Gasteiger partial charge in [0, 0.05) is 5.41 Å². The highest BCUT2D eigenvalue weighted by Crippen LogP contribution is 2.40. The Balaban J connectivity index is 2.74. The van der Waals surface area contributed by atoms with Gasteiger partial charge in [0.05, 0.1) is 0 Å². The van der Waals surface area contributed by atoms with Gasteiger partial charge in [-0.25, -0.2) is 0 Å². The third-order valence-electron chi connectivity index (χ3n) is 5.48. The molecule has 0 saturated carbocycles. The van der Waals surface area contributed by atoms with Crippen molar-refractivity contribution in [1.29, 1.82) is 0 Å². The van der Waals surface area contributed by atoms with Crippen molar-refractivity contribution in [2.24, 2.45) is 0 Å². The van der Waals surface area contributed by atoms with E-state index in [9.17, 15) is 10.2 Å². The fraction of sp³-hybridized carbons (Fsp3) is 0.478. The van der Waals surface area contributed by atoms with E-state index in [4.69, 9.17) is 0 Å².